The third kappa shape index (κ3) is 7.19. The van der Waals surface area contributed by atoms with Crippen molar-refractivity contribution in [1.82, 2.24) is 4.98 Å². The third-order valence-corrected chi connectivity index (χ3v) is 6.63. The van der Waals surface area contributed by atoms with E-state index in [0.717, 1.165) is 16.3 Å². The molecule has 1 amide bonds. The summed E-state index contributed by atoms with van der Waals surface area (Å²) < 4.78 is 10.6. The Balaban J connectivity index is 1.87. The van der Waals surface area contributed by atoms with Crippen LogP contribution in [-0.2, 0) is 25.5 Å². The molecule has 2 aliphatic rings. The lowest BCUT2D eigenvalue weighted by Gasteiger charge is -2.09. The number of hydrogen-bond donors (Lipinski definition) is 2. The molecule has 0 aromatic carbocycles. The van der Waals surface area contributed by atoms with Crippen molar-refractivity contribution in [2.24, 2.45) is 10.7 Å². The molecule has 0 fully saturated rings. The molecule has 8 nitrogen and oxygen atoms in total. The van der Waals surface area contributed by atoms with Crippen molar-refractivity contribution in [1.29, 1.82) is 0 Å². The van der Waals surface area contributed by atoms with E-state index in [1.165, 1.54) is 23.1 Å². The topological polar surface area (TPSA) is 116 Å². The summed E-state index contributed by atoms with van der Waals surface area (Å²) in [5.74, 6) is -0.0124. The molecular formula is C24H28N4O4S2. The molecule has 180 valence electrons. The van der Waals surface area contributed by atoms with E-state index in [0.29, 0.717) is 53.2 Å². The fourth-order valence-corrected chi connectivity index (χ4v) is 4.86. The molecular weight excluding hydrogens is 472 g/mol. The van der Waals surface area contributed by atoms with E-state index in [9.17, 15) is 9.59 Å². The molecule has 0 atom stereocenters. The number of nitrogens with two attached hydrogens (primary N) is 1. The molecule has 0 aliphatic carbocycles. The molecule has 3 N–H and O–H groups in total. The lowest BCUT2D eigenvalue weighted by Crippen LogP contribution is -2.18. The first-order chi connectivity index (χ1) is 16.4. The molecule has 34 heavy (non-hydrogen) atoms. The number of thiazole rings is 1. The zero-order chi connectivity index (χ0) is 24.5. The Labute approximate surface area is 207 Å². The average Bonchev–Trinajstić information content (AvgIpc) is 3.16. The monoisotopic (exact) mass is 500 g/mol. The first kappa shape index (κ1) is 25.5. The Hall–Kier alpha value is -3.11. The van der Waals surface area contributed by atoms with Gasteiger partial charge < -0.3 is 15.2 Å². The van der Waals surface area contributed by atoms with E-state index in [-0.39, 0.29) is 18.3 Å². The number of hydrogen-bond acceptors (Lipinski definition) is 9. The van der Waals surface area contributed by atoms with E-state index < -0.39 is 0 Å². The van der Waals surface area contributed by atoms with Crippen LogP contribution >= 0.6 is 23.1 Å². The lowest BCUT2D eigenvalue weighted by atomic mass is 10.1. The van der Waals surface area contributed by atoms with Crippen LogP contribution in [0.2, 0.25) is 0 Å². The number of amides is 1. The van der Waals surface area contributed by atoms with Crippen molar-refractivity contribution in [2.45, 2.75) is 40.0 Å². The summed E-state index contributed by atoms with van der Waals surface area (Å²) in [5.41, 5.74) is 9.06. The van der Waals surface area contributed by atoms with Gasteiger partial charge in [0, 0.05) is 17.5 Å². The van der Waals surface area contributed by atoms with Crippen molar-refractivity contribution in [3.8, 4) is 0 Å². The van der Waals surface area contributed by atoms with Crippen LogP contribution in [0.1, 0.15) is 39.3 Å². The normalized spacial score (nSPS) is 16.3. The van der Waals surface area contributed by atoms with E-state index >= 15 is 0 Å². The highest BCUT2D eigenvalue weighted by atomic mass is 32.2. The number of thioether (sulfide) groups is 1. The van der Waals surface area contributed by atoms with Gasteiger partial charge in [-0.3, -0.25) is 19.9 Å². The summed E-state index contributed by atoms with van der Waals surface area (Å²) in [4.78, 5) is 34.3. The van der Waals surface area contributed by atoms with E-state index in [1.54, 1.807) is 12.3 Å². The molecule has 0 spiro atoms. The molecule has 10 heteroatoms. The van der Waals surface area contributed by atoms with Gasteiger partial charge in [-0.1, -0.05) is 23.9 Å². The minimum Gasteiger partial charge on any atom is -0.494 e. The van der Waals surface area contributed by atoms with Crippen molar-refractivity contribution in [3.63, 3.8) is 0 Å². The Morgan fingerprint density at radius 1 is 1.18 bits per heavy atom. The molecule has 0 saturated heterocycles. The van der Waals surface area contributed by atoms with Gasteiger partial charge in [0.05, 0.1) is 36.1 Å². The maximum atomic E-state index is 13.2. The molecule has 3 heterocycles. The van der Waals surface area contributed by atoms with Crippen LogP contribution in [0.15, 0.2) is 68.4 Å². The van der Waals surface area contributed by atoms with Crippen LogP contribution in [0.4, 0.5) is 5.13 Å². The van der Waals surface area contributed by atoms with Crippen LogP contribution in [0.3, 0.4) is 0 Å². The fourth-order valence-electron chi connectivity index (χ4n) is 3.14. The molecule has 1 aromatic rings. The van der Waals surface area contributed by atoms with Crippen LogP contribution in [0.25, 0.3) is 0 Å². The molecule has 3 rings (SSSR count). The molecule has 0 radical (unpaired) electrons. The number of rotatable bonds is 7. The number of esters is 1. The zero-order valence-electron chi connectivity index (χ0n) is 19.4. The smallest absolute Gasteiger partial charge is 0.311 e. The van der Waals surface area contributed by atoms with Gasteiger partial charge in [-0.05, 0) is 51.0 Å². The highest BCUT2D eigenvalue weighted by molar-refractivity contribution is 8.18. The highest BCUT2D eigenvalue weighted by Gasteiger charge is 2.24. The molecule has 0 saturated carbocycles. The van der Waals surface area contributed by atoms with Crippen molar-refractivity contribution in [2.75, 3.05) is 18.5 Å². The van der Waals surface area contributed by atoms with Gasteiger partial charge in [0.15, 0.2) is 5.13 Å². The lowest BCUT2D eigenvalue weighted by molar-refractivity contribution is -0.142. The molecule has 0 unspecified atom stereocenters. The number of aromatic nitrogens is 1. The predicted octanol–water partition coefficient (Wildman–Crippen LogP) is 4.60. The van der Waals surface area contributed by atoms with Crippen LogP contribution in [0.5, 0.6) is 0 Å². The van der Waals surface area contributed by atoms with Gasteiger partial charge in [-0.15, -0.1) is 11.3 Å². The van der Waals surface area contributed by atoms with Crippen LogP contribution in [0, 0.1) is 0 Å². The molecule has 2 bridgehead atoms. The summed E-state index contributed by atoms with van der Waals surface area (Å²) in [7, 11) is 0. The van der Waals surface area contributed by atoms with Gasteiger partial charge in [-0.25, -0.2) is 4.98 Å². The SMILES string of the molecule is CCOC(=O)Cc1csc(NC(=O)C2=C(N)C3=CC=CC(OCC)=CC=C(C)N=C(CC3)S2)n1. The van der Waals surface area contributed by atoms with Gasteiger partial charge in [0.1, 0.15) is 10.7 Å². The Morgan fingerprint density at radius 3 is 2.76 bits per heavy atom. The average molecular weight is 501 g/mol. The van der Waals surface area contributed by atoms with E-state index in [1.807, 2.05) is 44.2 Å². The number of nitrogens with one attached hydrogen (secondary N) is 1. The molecule has 2 aliphatic heterocycles. The Kier molecular flexibility index (Phi) is 9.29. The highest BCUT2D eigenvalue weighted by Crippen LogP contribution is 2.34. The van der Waals surface area contributed by atoms with Gasteiger partial charge in [0.25, 0.3) is 5.91 Å². The number of anilines is 1. The number of aliphatic imine (C=N–C) groups is 1. The number of fused-ring (bicyclic) bond motifs is 3. The second-order valence-corrected chi connectivity index (χ2v) is 9.23. The first-order valence-corrected chi connectivity index (χ1v) is 12.6. The summed E-state index contributed by atoms with van der Waals surface area (Å²) in [6.45, 7) is 6.44. The van der Waals surface area contributed by atoms with Gasteiger partial charge >= 0.3 is 5.97 Å². The number of allylic oxidation sites excluding steroid dienone is 7. The van der Waals surface area contributed by atoms with Crippen LogP contribution < -0.4 is 11.1 Å². The second-order valence-electron chi connectivity index (χ2n) is 7.29. The largest absolute Gasteiger partial charge is 0.494 e. The van der Waals surface area contributed by atoms with Crippen molar-refractivity contribution in [3.05, 3.63) is 69.1 Å². The predicted molar refractivity (Wildman–Crippen MR) is 137 cm³/mol. The van der Waals surface area contributed by atoms with Crippen molar-refractivity contribution >= 4 is 45.2 Å². The van der Waals surface area contributed by atoms with Gasteiger partial charge in [0.2, 0.25) is 0 Å². The number of carbonyl (C=O) groups excluding carboxylic acids is 2. The summed E-state index contributed by atoms with van der Waals surface area (Å²) in [5, 5.41) is 5.71. The summed E-state index contributed by atoms with van der Waals surface area (Å²) in [6.07, 6.45) is 10.8. The van der Waals surface area contributed by atoms with E-state index in [4.69, 9.17) is 20.2 Å². The third-order valence-electron chi connectivity index (χ3n) is 4.69. The van der Waals surface area contributed by atoms with E-state index in [2.05, 4.69) is 10.3 Å². The summed E-state index contributed by atoms with van der Waals surface area (Å²) in [6, 6.07) is 0. The standard InChI is InChI=1S/C24H28N4O4S2/c1-4-31-18-8-6-7-16-10-12-19(26-15(3)9-11-18)34-22(21(16)25)23(30)28-24-27-17(14-33-24)13-20(29)32-5-2/h6-9,11,14H,4-5,10,12-13,25H2,1-3H3,(H,27,28,30). The number of carbonyl (C=O) groups is 2. The molecule has 1 aromatic heterocycles. The zero-order valence-corrected chi connectivity index (χ0v) is 21.1. The Morgan fingerprint density at radius 2 is 2.00 bits per heavy atom. The van der Waals surface area contributed by atoms with Gasteiger partial charge in [-0.2, -0.15) is 0 Å². The fraction of sp³-hybridized carbons (Fsp3) is 0.333. The second kappa shape index (κ2) is 12.4. The first-order valence-electron chi connectivity index (χ1n) is 10.9. The number of ether oxygens (including phenoxy) is 2. The summed E-state index contributed by atoms with van der Waals surface area (Å²) >= 11 is 2.51. The minimum absolute atomic E-state index is 0.0548. The Bertz CT molecular complexity index is 1130. The minimum atomic E-state index is -0.367. The number of nitrogens with zero attached hydrogens (tertiary/aromatic N) is 2. The van der Waals surface area contributed by atoms with Crippen molar-refractivity contribution < 1.29 is 19.1 Å². The quantitative estimate of drug-likeness (QED) is 0.526. The van der Waals surface area contributed by atoms with Crippen LogP contribution in [-0.4, -0.2) is 35.1 Å². The maximum Gasteiger partial charge on any atom is 0.311 e. The maximum absolute atomic E-state index is 13.2.